The molecule has 0 aliphatic carbocycles. The lowest BCUT2D eigenvalue weighted by Gasteiger charge is -2.22. The third-order valence-electron chi connectivity index (χ3n) is 6.56. The molecule has 0 fully saturated rings. The monoisotopic (exact) mass is 412 g/mol. The maximum Gasteiger partial charge on any atom is 0.0273 e. The van der Waals surface area contributed by atoms with Gasteiger partial charge in [0.1, 0.15) is 0 Å². The molecule has 2 heterocycles. The fourth-order valence-electron chi connectivity index (χ4n) is 4.89. The highest BCUT2D eigenvalue weighted by Crippen LogP contribution is 2.44. The topological polar surface area (TPSA) is 25.8 Å². The van der Waals surface area contributed by atoms with Gasteiger partial charge >= 0.3 is 0 Å². The Hall–Kier alpha value is -3.78. The van der Waals surface area contributed by atoms with Gasteiger partial charge in [0, 0.05) is 24.8 Å². The SMILES string of the molecule is CC(C)(C)c1cc2ccc3c(-c4ccncc4)cc(-c4ccncc4)c4ccc(c1)c2c34. The lowest BCUT2D eigenvalue weighted by atomic mass is 9.81. The van der Waals surface area contributed by atoms with Crippen molar-refractivity contribution in [2.24, 2.45) is 0 Å². The molecule has 0 radical (unpaired) electrons. The molecule has 0 saturated carbocycles. The molecule has 2 aromatic heterocycles. The van der Waals surface area contributed by atoms with Crippen LogP contribution in [-0.4, -0.2) is 9.97 Å². The van der Waals surface area contributed by atoms with E-state index in [1.54, 1.807) is 0 Å². The molecular formula is C30H24N2. The summed E-state index contributed by atoms with van der Waals surface area (Å²) >= 11 is 0. The Morgan fingerprint density at radius 2 is 1.00 bits per heavy atom. The van der Waals surface area contributed by atoms with Crippen molar-refractivity contribution in [2.75, 3.05) is 0 Å². The van der Waals surface area contributed by atoms with Crippen LogP contribution in [0, 0.1) is 0 Å². The molecule has 0 saturated heterocycles. The fourth-order valence-corrected chi connectivity index (χ4v) is 4.89. The van der Waals surface area contributed by atoms with Crippen LogP contribution in [0.5, 0.6) is 0 Å². The van der Waals surface area contributed by atoms with Crippen molar-refractivity contribution in [1.29, 1.82) is 0 Å². The Kier molecular flexibility index (Phi) is 4.06. The summed E-state index contributed by atoms with van der Waals surface area (Å²) in [5.41, 5.74) is 6.32. The molecule has 2 heteroatoms. The second-order valence-electron chi connectivity index (χ2n) is 9.59. The van der Waals surface area contributed by atoms with Gasteiger partial charge in [-0.3, -0.25) is 9.97 Å². The Balaban J connectivity index is 1.80. The van der Waals surface area contributed by atoms with Crippen molar-refractivity contribution in [1.82, 2.24) is 9.97 Å². The van der Waals surface area contributed by atoms with Crippen LogP contribution >= 0.6 is 0 Å². The molecule has 6 aromatic rings. The molecule has 0 unspecified atom stereocenters. The maximum absolute atomic E-state index is 4.24. The Morgan fingerprint density at radius 3 is 1.44 bits per heavy atom. The van der Waals surface area contributed by atoms with Gasteiger partial charge in [0.15, 0.2) is 0 Å². The van der Waals surface area contributed by atoms with Crippen LogP contribution in [-0.2, 0) is 5.41 Å². The van der Waals surface area contributed by atoms with Crippen LogP contribution in [0.15, 0.2) is 91.5 Å². The average Bonchev–Trinajstić information content (AvgIpc) is 2.82. The summed E-state index contributed by atoms with van der Waals surface area (Å²) in [7, 11) is 0. The van der Waals surface area contributed by atoms with Gasteiger partial charge in [0.25, 0.3) is 0 Å². The van der Waals surface area contributed by atoms with Gasteiger partial charge in [-0.15, -0.1) is 0 Å². The predicted octanol–water partition coefficient (Wildman–Crippen LogP) is 8.01. The quantitative estimate of drug-likeness (QED) is 0.269. The molecule has 0 N–H and O–H groups in total. The van der Waals surface area contributed by atoms with Crippen LogP contribution in [0.3, 0.4) is 0 Å². The largest absolute Gasteiger partial charge is 0.265 e. The van der Waals surface area contributed by atoms with Crippen molar-refractivity contribution < 1.29 is 0 Å². The van der Waals surface area contributed by atoms with E-state index in [1.165, 1.54) is 60.1 Å². The van der Waals surface area contributed by atoms with Crippen molar-refractivity contribution in [3.63, 3.8) is 0 Å². The first kappa shape index (κ1) is 18.9. The van der Waals surface area contributed by atoms with Crippen molar-refractivity contribution in [2.45, 2.75) is 26.2 Å². The number of hydrogen-bond acceptors (Lipinski definition) is 2. The van der Waals surface area contributed by atoms with E-state index in [4.69, 9.17) is 0 Å². The second kappa shape index (κ2) is 6.86. The fraction of sp³-hybridized carbons (Fsp3) is 0.133. The van der Waals surface area contributed by atoms with E-state index in [1.807, 2.05) is 24.8 Å². The third kappa shape index (κ3) is 2.87. The van der Waals surface area contributed by atoms with Crippen LogP contribution in [0.25, 0.3) is 54.6 Å². The van der Waals surface area contributed by atoms with E-state index < -0.39 is 0 Å². The molecule has 0 spiro atoms. The molecule has 0 aliphatic rings. The predicted molar refractivity (Wildman–Crippen MR) is 135 cm³/mol. The van der Waals surface area contributed by atoms with E-state index in [9.17, 15) is 0 Å². The number of hydrogen-bond donors (Lipinski definition) is 0. The number of rotatable bonds is 2. The first-order chi connectivity index (χ1) is 15.5. The summed E-state index contributed by atoms with van der Waals surface area (Å²) in [6.07, 6.45) is 7.48. The van der Waals surface area contributed by atoms with E-state index in [0.717, 1.165) is 0 Å². The minimum absolute atomic E-state index is 0.106. The molecule has 0 atom stereocenters. The van der Waals surface area contributed by atoms with Gasteiger partial charge in [-0.2, -0.15) is 0 Å². The molecule has 154 valence electrons. The first-order valence-corrected chi connectivity index (χ1v) is 11.1. The summed E-state index contributed by atoms with van der Waals surface area (Å²) in [4.78, 5) is 8.48. The summed E-state index contributed by atoms with van der Waals surface area (Å²) < 4.78 is 0. The molecule has 4 aromatic carbocycles. The molecule has 6 rings (SSSR count). The van der Waals surface area contributed by atoms with Crippen LogP contribution in [0.1, 0.15) is 26.3 Å². The maximum atomic E-state index is 4.24. The normalized spacial score (nSPS) is 12.2. The van der Waals surface area contributed by atoms with E-state index in [-0.39, 0.29) is 5.41 Å². The third-order valence-corrected chi connectivity index (χ3v) is 6.56. The van der Waals surface area contributed by atoms with Crippen LogP contribution < -0.4 is 0 Å². The summed E-state index contributed by atoms with van der Waals surface area (Å²) in [6.45, 7) is 6.84. The zero-order valence-electron chi connectivity index (χ0n) is 18.6. The Morgan fingerprint density at radius 1 is 0.531 bits per heavy atom. The number of nitrogens with zero attached hydrogens (tertiary/aromatic N) is 2. The van der Waals surface area contributed by atoms with Crippen molar-refractivity contribution in [3.8, 4) is 22.3 Å². The van der Waals surface area contributed by atoms with Gasteiger partial charge in [-0.25, -0.2) is 0 Å². The zero-order valence-corrected chi connectivity index (χ0v) is 18.6. The molecule has 0 aliphatic heterocycles. The standard InChI is InChI=1S/C30H24N2/c1-30(2,3)23-16-21-4-6-24-26(19-8-12-31-13-9-19)18-27(20-10-14-32-15-11-20)25-7-5-22(17-23)28(21)29(24)25/h4-18H,1-3H3. The lowest BCUT2D eigenvalue weighted by molar-refractivity contribution is 0.591. The second-order valence-corrected chi connectivity index (χ2v) is 9.59. The van der Waals surface area contributed by atoms with Crippen molar-refractivity contribution in [3.05, 3.63) is 97.1 Å². The lowest BCUT2D eigenvalue weighted by Crippen LogP contribution is -2.10. The minimum Gasteiger partial charge on any atom is -0.265 e. The summed E-state index contributed by atoms with van der Waals surface area (Å²) in [6, 6.07) is 24.6. The Bertz CT molecular complexity index is 1470. The minimum atomic E-state index is 0.106. The van der Waals surface area contributed by atoms with Crippen LogP contribution in [0.4, 0.5) is 0 Å². The molecule has 32 heavy (non-hydrogen) atoms. The summed E-state index contributed by atoms with van der Waals surface area (Å²) in [5, 5.41) is 7.85. The molecule has 2 nitrogen and oxygen atoms in total. The molecular weight excluding hydrogens is 388 g/mol. The van der Waals surface area contributed by atoms with Crippen molar-refractivity contribution >= 4 is 32.3 Å². The smallest absolute Gasteiger partial charge is 0.0273 e. The van der Waals surface area contributed by atoms with E-state index in [0.29, 0.717) is 0 Å². The molecule has 0 amide bonds. The van der Waals surface area contributed by atoms with E-state index >= 15 is 0 Å². The highest BCUT2D eigenvalue weighted by Gasteiger charge is 2.19. The van der Waals surface area contributed by atoms with Crippen LogP contribution in [0.2, 0.25) is 0 Å². The van der Waals surface area contributed by atoms with Gasteiger partial charge < -0.3 is 0 Å². The van der Waals surface area contributed by atoms with E-state index in [2.05, 4.69) is 97.5 Å². The van der Waals surface area contributed by atoms with Gasteiger partial charge in [0.2, 0.25) is 0 Å². The summed E-state index contributed by atoms with van der Waals surface area (Å²) in [5.74, 6) is 0. The zero-order chi connectivity index (χ0) is 21.9. The highest BCUT2D eigenvalue weighted by molar-refractivity contribution is 6.28. The number of aromatic nitrogens is 2. The molecule has 0 bridgehead atoms. The van der Waals surface area contributed by atoms with Gasteiger partial charge in [-0.1, -0.05) is 57.2 Å². The number of benzene rings is 4. The average molecular weight is 413 g/mol. The Labute approximate surface area is 187 Å². The first-order valence-electron chi connectivity index (χ1n) is 11.1. The van der Waals surface area contributed by atoms with Gasteiger partial charge in [-0.05, 0) is 95.9 Å². The number of pyridine rings is 2. The highest BCUT2D eigenvalue weighted by atomic mass is 14.6. The van der Waals surface area contributed by atoms with Gasteiger partial charge in [0.05, 0.1) is 0 Å².